The Hall–Kier alpha value is -1.00. The molecule has 0 heterocycles. The third-order valence-electron chi connectivity index (χ3n) is 2.28. The molecule has 0 saturated carbocycles. The predicted octanol–water partition coefficient (Wildman–Crippen LogP) is 2.07. The molecular weight excluding hydrogens is 212 g/mol. The minimum atomic E-state index is -0.571. The summed E-state index contributed by atoms with van der Waals surface area (Å²) in [7, 11) is 0. The lowest BCUT2D eigenvalue weighted by Crippen LogP contribution is -2.31. The average molecular weight is 229 g/mol. The van der Waals surface area contributed by atoms with Crippen LogP contribution in [0.1, 0.15) is 19.4 Å². The van der Waals surface area contributed by atoms with E-state index in [9.17, 15) is 8.78 Å². The van der Waals surface area contributed by atoms with Crippen LogP contribution >= 0.6 is 0 Å². The van der Waals surface area contributed by atoms with Gasteiger partial charge in [0.15, 0.2) is 0 Å². The Morgan fingerprint density at radius 2 is 1.75 bits per heavy atom. The number of halogens is 2. The van der Waals surface area contributed by atoms with Gasteiger partial charge in [0.1, 0.15) is 11.6 Å². The standard InChI is InChI=1S/C12H17F2NO/c1-12(2,8-16)7-15-6-9-3-10(13)5-11(14)4-9/h3-5,15-16H,6-8H2,1-2H3. The van der Waals surface area contributed by atoms with Gasteiger partial charge < -0.3 is 10.4 Å². The third kappa shape index (κ3) is 4.24. The van der Waals surface area contributed by atoms with E-state index in [0.717, 1.165) is 6.07 Å². The van der Waals surface area contributed by atoms with Crippen molar-refractivity contribution in [3.8, 4) is 0 Å². The van der Waals surface area contributed by atoms with Crippen LogP contribution < -0.4 is 5.32 Å². The summed E-state index contributed by atoms with van der Waals surface area (Å²) in [5, 5.41) is 12.1. The van der Waals surface area contributed by atoms with Crippen molar-refractivity contribution in [3.63, 3.8) is 0 Å². The quantitative estimate of drug-likeness (QED) is 0.810. The predicted molar refractivity (Wildman–Crippen MR) is 58.9 cm³/mol. The topological polar surface area (TPSA) is 32.3 Å². The summed E-state index contributed by atoms with van der Waals surface area (Å²) in [6.07, 6.45) is 0. The first-order valence-corrected chi connectivity index (χ1v) is 5.19. The Labute approximate surface area is 94.3 Å². The van der Waals surface area contributed by atoms with E-state index >= 15 is 0 Å². The Bertz CT molecular complexity index is 333. The monoisotopic (exact) mass is 229 g/mol. The van der Waals surface area contributed by atoms with Gasteiger partial charge in [0.25, 0.3) is 0 Å². The van der Waals surface area contributed by atoms with Crippen LogP contribution in [-0.4, -0.2) is 18.3 Å². The van der Waals surface area contributed by atoms with Gasteiger partial charge in [0.05, 0.1) is 0 Å². The summed E-state index contributed by atoms with van der Waals surface area (Å²) in [5.41, 5.74) is 0.331. The van der Waals surface area contributed by atoms with E-state index in [1.54, 1.807) is 0 Å². The first-order chi connectivity index (χ1) is 7.43. The van der Waals surface area contributed by atoms with Crippen molar-refractivity contribution in [2.75, 3.05) is 13.2 Å². The number of aliphatic hydroxyl groups excluding tert-OH is 1. The molecular formula is C12H17F2NO. The zero-order valence-electron chi connectivity index (χ0n) is 9.56. The van der Waals surface area contributed by atoms with Crippen LogP contribution in [-0.2, 0) is 6.54 Å². The van der Waals surface area contributed by atoms with E-state index in [-0.39, 0.29) is 12.0 Å². The lowest BCUT2D eigenvalue weighted by Gasteiger charge is -2.21. The molecule has 0 unspecified atom stereocenters. The molecule has 0 amide bonds. The first-order valence-electron chi connectivity index (χ1n) is 5.19. The lowest BCUT2D eigenvalue weighted by molar-refractivity contribution is 0.156. The second-order valence-corrected chi connectivity index (χ2v) is 4.70. The van der Waals surface area contributed by atoms with Crippen molar-refractivity contribution in [2.45, 2.75) is 20.4 Å². The van der Waals surface area contributed by atoms with E-state index in [0.29, 0.717) is 18.7 Å². The molecule has 1 rings (SSSR count). The third-order valence-corrected chi connectivity index (χ3v) is 2.28. The van der Waals surface area contributed by atoms with E-state index in [4.69, 9.17) is 5.11 Å². The highest BCUT2D eigenvalue weighted by Gasteiger charge is 2.15. The zero-order valence-corrected chi connectivity index (χ0v) is 9.56. The fourth-order valence-electron chi connectivity index (χ4n) is 1.31. The fourth-order valence-corrected chi connectivity index (χ4v) is 1.31. The first kappa shape index (κ1) is 13.1. The van der Waals surface area contributed by atoms with E-state index in [1.807, 2.05) is 13.8 Å². The number of benzene rings is 1. The minimum absolute atomic E-state index is 0.0670. The number of rotatable bonds is 5. The molecule has 0 spiro atoms. The van der Waals surface area contributed by atoms with Gasteiger partial charge in [0.2, 0.25) is 0 Å². The zero-order chi connectivity index (χ0) is 12.2. The van der Waals surface area contributed by atoms with Crippen LogP contribution in [0.25, 0.3) is 0 Å². The highest BCUT2D eigenvalue weighted by Crippen LogP contribution is 2.12. The number of hydrogen-bond acceptors (Lipinski definition) is 2. The van der Waals surface area contributed by atoms with Crippen molar-refractivity contribution < 1.29 is 13.9 Å². The van der Waals surface area contributed by atoms with E-state index < -0.39 is 11.6 Å². The van der Waals surface area contributed by atoms with E-state index in [2.05, 4.69) is 5.32 Å². The number of nitrogens with one attached hydrogen (secondary N) is 1. The summed E-state index contributed by atoms with van der Waals surface area (Å²) in [6, 6.07) is 3.44. The highest BCUT2D eigenvalue weighted by atomic mass is 19.1. The molecule has 16 heavy (non-hydrogen) atoms. The van der Waals surface area contributed by atoms with Gasteiger partial charge in [-0.1, -0.05) is 13.8 Å². The number of hydrogen-bond donors (Lipinski definition) is 2. The van der Waals surface area contributed by atoms with Crippen LogP contribution in [0.3, 0.4) is 0 Å². The second kappa shape index (κ2) is 5.37. The molecule has 0 atom stereocenters. The van der Waals surface area contributed by atoms with Crippen LogP contribution in [0.5, 0.6) is 0 Å². The smallest absolute Gasteiger partial charge is 0.126 e. The largest absolute Gasteiger partial charge is 0.396 e. The minimum Gasteiger partial charge on any atom is -0.396 e. The lowest BCUT2D eigenvalue weighted by atomic mass is 9.95. The van der Waals surface area contributed by atoms with Crippen molar-refractivity contribution in [3.05, 3.63) is 35.4 Å². The van der Waals surface area contributed by atoms with Gasteiger partial charge in [-0.05, 0) is 17.7 Å². The van der Waals surface area contributed by atoms with Crippen LogP contribution in [0.15, 0.2) is 18.2 Å². The van der Waals surface area contributed by atoms with Crippen molar-refractivity contribution in [2.24, 2.45) is 5.41 Å². The molecule has 0 aliphatic carbocycles. The molecule has 2 nitrogen and oxygen atoms in total. The fraction of sp³-hybridized carbons (Fsp3) is 0.500. The van der Waals surface area contributed by atoms with Gasteiger partial charge in [-0.2, -0.15) is 0 Å². The van der Waals surface area contributed by atoms with Gasteiger partial charge in [0, 0.05) is 31.2 Å². The maximum atomic E-state index is 12.8. The molecule has 90 valence electrons. The second-order valence-electron chi connectivity index (χ2n) is 4.70. The van der Waals surface area contributed by atoms with Gasteiger partial charge in [-0.3, -0.25) is 0 Å². The number of aliphatic hydroxyl groups is 1. The van der Waals surface area contributed by atoms with Crippen molar-refractivity contribution >= 4 is 0 Å². The van der Waals surface area contributed by atoms with Gasteiger partial charge >= 0.3 is 0 Å². The highest BCUT2D eigenvalue weighted by molar-refractivity contribution is 5.17. The summed E-state index contributed by atoms with van der Waals surface area (Å²) in [6.45, 7) is 4.86. The SMILES string of the molecule is CC(C)(CO)CNCc1cc(F)cc(F)c1. The van der Waals surface area contributed by atoms with Crippen molar-refractivity contribution in [1.82, 2.24) is 5.32 Å². The molecule has 0 radical (unpaired) electrons. The Kier molecular flexibility index (Phi) is 4.38. The average Bonchev–Trinajstić information content (AvgIpc) is 2.16. The van der Waals surface area contributed by atoms with E-state index in [1.165, 1.54) is 12.1 Å². The normalized spacial score (nSPS) is 11.8. The van der Waals surface area contributed by atoms with Gasteiger partial charge in [-0.25, -0.2) is 8.78 Å². The molecule has 0 aliphatic rings. The Morgan fingerprint density at radius 3 is 2.25 bits per heavy atom. The molecule has 4 heteroatoms. The molecule has 0 aliphatic heterocycles. The van der Waals surface area contributed by atoms with Gasteiger partial charge in [-0.15, -0.1) is 0 Å². The van der Waals surface area contributed by atoms with Crippen LogP contribution in [0.4, 0.5) is 8.78 Å². The summed E-state index contributed by atoms with van der Waals surface area (Å²) < 4.78 is 25.7. The van der Waals surface area contributed by atoms with Crippen LogP contribution in [0, 0.1) is 17.0 Å². The van der Waals surface area contributed by atoms with Crippen molar-refractivity contribution in [1.29, 1.82) is 0 Å². The molecule has 2 N–H and O–H groups in total. The van der Waals surface area contributed by atoms with Crippen LogP contribution in [0.2, 0.25) is 0 Å². The molecule has 1 aromatic carbocycles. The molecule has 0 bridgehead atoms. The molecule has 0 fully saturated rings. The maximum absolute atomic E-state index is 12.8. The summed E-state index contributed by atoms with van der Waals surface area (Å²) in [4.78, 5) is 0. The molecule has 0 aromatic heterocycles. The summed E-state index contributed by atoms with van der Waals surface area (Å²) >= 11 is 0. The Balaban J connectivity index is 2.49. The molecule has 1 aromatic rings. The summed E-state index contributed by atoms with van der Waals surface area (Å²) in [5.74, 6) is -1.14. The molecule has 0 saturated heterocycles. The maximum Gasteiger partial charge on any atom is 0.126 e. The Morgan fingerprint density at radius 1 is 1.19 bits per heavy atom.